The van der Waals surface area contributed by atoms with Crippen LogP contribution < -0.4 is 0 Å². The van der Waals surface area contributed by atoms with Crippen LogP contribution in [-0.2, 0) is 26.6 Å². The molecule has 6 nitrogen and oxygen atoms in total. The van der Waals surface area contributed by atoms with Gasteiger partial charge in [-0.3, -0.25) is 0 Å². The first-order valence-corrected chi connectivity index (χ1v) is 19.2. The van der Waals surface area contributed by atoms with E-state index in [1.165, 1.54) is 12.1 Å². The first-order valence-electron chi connectivity index (χ1n) is 9.49. The highest BCUT2D eigenvalue weighted by atomic mass is 32.6. The van der Waals surface area contributed by atoms with E-state index in [2.05, 4.69) is 36.3 Å². The zero-order valence-electron chi connectivity index (χ0n) is 18.4. The molecule has 0 amide bonds. The Morgan fingerprint density at radius 3 is 1.07 bits per heavy atom. The van der Waals surface area contributed by atoms with Crippen molar-refractivity contribution in [2.75, 3.05) is 54.2 Å². The van der Waals surface area contributed by atoms with Gasteiger partial charge < -0.3 is 26.6 Å². The molecule has 0 aliphatic heterocycles. The maximum absolute atomic E-state index is 5.52. The van der Waals surface area contributed by atoms with Crippen molar-refractivity contribution in [2.24, 2.45) is 0 Å². The molecule has 0 aromatic heterocycles. The van der Waals surface area contributed by atoms with E-state index in [0.717, 1.165) is 36.4 Å². The number of rotatable bonds is 18. The molecule has 164 valence electrons. The van der Waals surface area contributed by atoms with Crippen LogP contribution in [0, 0.1) is 0 Å². The highest BCUT2D eigenvalue weighted by molar-refractivity contribution is 8.58. The van der Waals surface area contributed by atoms with E-state index < -0.39 is 24.0 Å². The number of hydrogen-bond donors (Lipinski definition) is 0. The minimum Gasteiger partial charge on any atom is -0.377 e. The fraction of sp³-hybridized carbons (Fsp3) is 1.00. The Morgan fingerprint density at radius 1 is 0.556 bits per heavy atom. The largest absolute Gasteiger partial charge is 0.500 e. The van der Waals surface area contributed by atoms with Crippen molar-refractivity contribution in [2.45, 2.75) is 50.9 Å². The van der Waals surface area contributed by atoms with Gasteiger partial charge in [-0.2, -0.15) is 22.4 Å². The van der Waals surface area contributed by atoms with E-state index in [1.54, 1.807) is 42.7 Å². The van der Waals surface area contributed by atoms with E-state index >= 15 is 0 Å². The molecule has 0 aliphatic carbocycles. The molecule has 27 heavy (non-hydrogen) atoms. The minimum atomic E-state index is -2.44. The van der Waals surface area contributed by atoms with Crippen molar-refractivity contribution in [1.29, 1.82) is 0 Å². The summed E-state index contributed by atoms with van der Waals surface area (Å²) >= 11 is 4.38. The van der Waals surface area contributed by atoms with Crippen LogP contribution in [-0.4, -0.2) is 78.1 Å². The second-order valence-electron chi connectivity index (χ2n) is 6.11. The molecule has 0 aromatic carbocycles. The average molecular weight is 477 g/mol. The Bertz CT molecular complexity index is 324. The molecule has 0 spiro atoms. The van der Waals surface area contributed by atoms with Crippen LogP contribution >= 0.6 is 22.4 Å². The summed E-state index contributed by atoms with van der Waals surface area (Å²) in [6.45, 7) is 4.68. The van der Waals surface area contributed by atoms with Crippen molar-refractivity contribution in [3.8, 4) is 0 Å². The van der Waals surface area contributed by atoms with Crippen LogP contribution in [0.25, 0.3) is 0 Å². The molecule has 0 aromatic rings. The Balaban J connectivity index is 4.47. The third kappa shape index (κ3) is 9.20. The summed E-state index contributed by atoms with van der Waals surface area (Å²) in [5.41, 5.74) is 0. The maximum atomic E-state index is 5.52. The first kappa shape index (κ1) is 28.1. The van der Waals surface area contributed by atoms with E-state index in [0.29, 0.717) is 0 Å². The predicted molar refractivity (Wildman–Crippen MR) is 124 cm³/mol. The van der Waals surface area contributed by atoms with E-state index in [4.69, 9.17) is 26.6 Å². The van der Waals surface area contributed by atoms with Crippen LogP contribution in [0.15, 0.2) is 0 Å². The molecule has 0 atom stereocenters. The van der Waals surface area contributed by atoms with Gasteiger partial charge >= 0.3 is 17.6 Å². The fourth-order valence-corrected chi connectivity index (χ4v) is 17.6. The second kappa shape index (κ2) is 15.0. The quantitative estimate of drug-likeness (QED) is 0.212. The Kier molecular flexibility index (Phi) is 15.6. The molecule has 0 saturated heterocycles. The Hall–Kier alpha value is 1.11. The first-order chi connectivity index (χ1) is 12.9. The zero-order valence-corrected chi connectivity index (χ0v) is 23.1. The van der Waals surface area contributed by atoms with Crippen molar-refractivity contribution in [3.05, 3.63) is 0 Å². The summed E-state index contributed by atoms with van der Waals surface area (Å²) < 4.78 is 33.1. The number of hydrogen-bond acceptors (Lipinski definition) is 8. The second-order valence-corrected chi connectivity index (χ2v) is 24.1. The molecular weight excluding hydrogens is 437 g/mol. The third-order valence-corrected chi connectivity index (χ3v) is 24.8. The van der Waals surface area contributed by atoms with Crippen molar-refractivity contribution < 1.29 is 26.6 Å². The SMILES string of the molecule is CC[Si](CC)(SCCC[Si](OC)(OC)OC)SCCC[Si](OC)(OC)OC. The molecule has 0 N–H and O–H groups in total. The Labute approximate surface area is 177 Å². The van der Waals surface area contributed by atoms with Crippen molar-refractivity contribution >= 4 is 46.4 Å². The molecule has 11 heteroatoms. The lowest BCUT2D eigenvalue weighted by atomic mass is 10.6. The van der Waals surface area contributed by atoms with E-state index in [9.17, 15) is 0 Å². The molecule has 0 saturated carbocycles. The van der Waals surface area contributed by atoms with Crippen LogP contribution in [0.3, 0.4) is 0 Å². The van der Waals surface area contributed by atoms with Gasteiger partial charge in [0.25, 0.3) is 0 Å². The third-order valence-electron chi connectivity index (χ3n) is 4.93. The van der Waals surface area contributed by atoms with Gasteiger partial charge in [0.15, 0.2) is 6.37 Å². The lowest BCUT2D eigenvalue weighted by Gasteiger charge is -2.30. The van der Waals surface area contributed by atoms with Gasteiger partial charge in [0.2, 0.25) is 0 Å². The summed E-state index contributed by atoms with van der Waals surface area (Å²) in [7, 11) is 5.22. The summed E-state index contributed by atoms with van der Waals surface area (Å²) in [6, 6.07) is 4.30. The maximum Gasteiger partial charge on any atom is 0.500 e. The zero-order chi connectivity index (χ0) is 20.8. The Morgan fingerprint density at radius 2 is 0.852 bits per heavy atom. The van der Waals surface area contributed by atoms with Gasteiger partial charge in [-0.15, -0.1) is 0 Å². The van der Waals surface area contributed by atoms with Crippen molar-refractivity contribution in [3.63, 3.8) is 0 Å². The smallest absolute Gasteiger partial charge is 0.377 e. The predicted octanol–water partition coefficient (Wildman–Crippen LogP) is 4.47. The molecule has 0 rings (SSSR count). The van der Waals surface area contributed by atoms with E-state index in [-0.39, 0.29) is 0 Å². The molecule has 0 radical (unpaired) electrons. The lowest BCUT2D eigenvalue weighted by Crippen LogP contribution is -2.43. The van der Waals surface area contributed by atoms with Gasteiger partial charge in [0.05, 0.1) is 0 Å². The molecule has 0 fully saturated rings. The normalized spacial score (nSPS) is 13.3. The summed E-state index contributed by atoms with van der Waals surface area (Å²) in [4.78, 5) is 0. The van der Waals surface area contributed by atoms with E-state index in [1.807, 2.05) is 0 Å². The highest BCUT2D eigenvalue weighted by Gasteiger charge is 2.39. The summed E-state index contributed by atoms with van der Waals surface area (Å²) in [5, 5.41) is 0. The van der Waals surface area contributed by atoms with Crippen LogP contribution in [0.2, 0.25) is 24.2 Å². The average Bonchev–Trinajstić information content (AvgIpc) is 2.73. The van der Waals surface area contributed by atoms with Gasteiger partial charge in [-0.25, -0.2) is 0 Å². The molecule has 0 unspecified atom stereocenters. The lowest BCUT2D eigenvalue weighted by molar-refractivity contribution is 0.123. The molecule has 0 heterocycles. The molecule has 0 aliphatic rings. The van der Waals surface area contributed by atoms with Gasteiger partial charge in [0.1, 0.15) is 0 Å². The molecular formula is C16H40O6S2Si3. The van der Waals surface area contributed by atoms with Gasteiger partial charge in [-0.05, 0) is 36.4 Å². The topological polar surface area (TPSA) is 55.4 Å². The molecule has 0 bridgehead atoms. The van der Waals surface area contributed by atoms with Crippen LogP contribution in [0.5, 0.6) is 0 Å². The van der Waals surface area contributed by atoms with Crippen LogP contribution in [0.1, 0.15) is 26.7 Å². The summed E-state index contributed by atoms with van der Waals surface area (Å²) in [6.07, 6.45) is 0.751. The minimum absolute atomic E-state index is 0.871. The van der Waals surface area contributed by atoms with Crippen LogP contribution in [0.4, 0.5) is 0 Å². The van der Waals surface area contributed by atoms with Gasteiger partial charge in [-0.1, -0.05) is 13.8 Å². The van der Waals surface area contributed by atoms with Crippen molar-refractivity contribution in [1.82, 2.24) is 0 Å². The monoisotopic (exact) mass is 476 g/mol. The van der Waals surface area contributed by atoms with Gasteiger partial charge in [0, 0.05) is 54.7 Å². The fourth-order valence-electron chi connectivity index (χ4n) is 2.91. The summed E-state index contributed by atoms with van der Waals surface area (Å²) in [5.74, 6) is 2.28. The highest BCUT2D eigenvalue weighted by Crippen LogP contribution is 2.40. The standard InChI is InChI=1S/C16H40O6S2Si3/c1-9-25(10-2,23-13-11-15-26(17-3,18-4)19-5)24-14-12-16-27(20-6,21-7)22-8/h9-16H2,1-8H3.